The minimum absolute atomic E-state index is 0.191. The lowest BCUT2D eigenvalue weighted by Crippen LogP contribution is -2.30. The summed E-state index contributed by atoms with van der Waals surface area (Å²) < 4.78 is 4.81. The van der Waals surface area contributed by atoms with E-state index in [9.17, 15) is 9.59 Å². The summed E-state index contributed by atoms with van der Waals surface area (Å²) in [6.07, 6.45) is 0.716. The number of aryl methyl sites for hydroxylation is 2. The number of hydrogen-bond acceptors (Lipinski definition) is 4. The summed E-state index contributed by atoms with van der Waals surface area (Å²) in [5.41, 5.74) is 5.54. The molecule has 3 aromatic carbocycles. The number of rotatable bonds is 6. The second kappa shape index (κ2) is 9.69. The molecule has 0 N–H and O–H groups in total. The molecule has 0 radical (unpaired) electrons. The van der Waals surface area contributed by atoms with Crippen LogP contribution in [0.25, 0.3) is 11.1 Å². The lowest BCUT2D eigenvalue weighted by molar-refractivity contribution is -0.140. The molecule has 4 nitrogen and oxygen atoms in total. The molecular formula is C27H22ClNO3S. The molecule has 1 amide bonds. The number of methoxy groups -OCH3 is 1. The van der Waals surface area contributed by atoms with Gasteiger partial charge in [0.15, 0.2) is 0 Å². The lowest BCUT2D eigenvalue weighted by Gasteiger charge is -2.18. The van der Waals surface area contributed by atoms with Gasteiger partial charge in [-0.05, 0) is 54.3 Å². The zero-order valence-electron chi connectivity index (χ0n) is 18.3. The van der Waals surface area contributed by atoms with Crippen LogP contribution in [-0.2, 0) is 20.7 Å². The van der Waals surface area contributed by atoms with Crippen molar-refractivity contribution < 1.29 is 14.3 Å². The van der Waals surface area contributed by atoms with Gasteiger partial charge in [0.25, 0.3) is 5.91 Å². The number of halogens is 1. The Bertz CT molecular complexity index is 1260. The number of nitrogens with zero attached hydrogens (tertiary/aromatic N) is 1. The zero-order chi connectivity index (χ0) is 23.5. The topological polar surface area (TPSA) is 46.6 Å². The van der Waals surface area contributed by atoms with Crippen molar-refractivity contribution in [3.8, 4) is 0 Å². The fourth-order valence-corrected chi connectivity index (χ4v) is 4.44. The Hall–Kier alpha value is -3.28. The molecule has 0 atom stereocenters. The maximum atomic E-state index is 13.8. The van der Waals surface area contributed by atoms with Crippen LogP contribution in [0.2, 0.25) is 5.02 Å². The molecule has 1 heterocycles. The fraction of sp³-hybridized carbons (Fsp3) is 0.148. The number of carbonyl (C=O) groups excluding carboxylic acids is 2. The van der Waals surface area contributed by atoms with Crippen molar-refractivity contribution in [1.82, 2.24) is 0 Å². The SMILES string of the molecule is COC(=O)CCc1ccccc1C1=C(c2ccc(C)cc2)C(=O)N(c2ccc(Cl)cc2)C1=S. The molecular weight excluding hydrogens is 454 g/mol. The number of amides is 1. The lowest BCUT2D eigenvalue weighted by atomic mass is 9.91. The number of thiocarbonyl (C=S) groups is 1. The predicted molar refractivity (Wildman–Crippen MR) is 136 cm³/mol. The largest absolute Gasteiger partial charge is 0.469 e. The van der Waals surface area contributed by atoms with Crippen LogP contribution < -0.4 is 4.90 Å². The molecule has 0 unspecified atom stereocenters. The van der Waals surface area contributed by atoms with Gasteiger partial charge in [-0.25, -0.2) is 0 Å². The third-order valence-corrected chi connectivity index (χ3v) is 6.26. The molecule has 0 aliphatic carbocycles. The summed E-state index contributed by atoms with van der Waals surface area (Å²) in [7, 11) is 1.38. The summed E-state index contributed by atoms with van der Waals surface area (Å²) in [6, 6.07) is 22.6. The average Bonchev–Trinajstić information content (AvgIpc) is 3.08. The smallest absolute Gasteiger partial charge is 0.305 e. The van der Waals surface area contributed by atoms with E-state index in [1.54, 1.807) is 29.2 Å². The van der Waals surface area contributed by atoms with E-state index >= 15 is 0 Å². The molecule has 0 aromatic heterocycles. The van der Waals surface area contributed by atoms with Gasteiger partial charge in [-0.15, -0.1) is 0 Å². The first-order valence-electron chi connectivity index (χ1n) is 10.5. The van der Waals surface area contributed by atoms with Crippen LogP contribution in [0.5, 0.6) is 0 Å². The van der Waals surface area contributed by atoms with E-state index in [4.69, 9.17) is 28.6 Å². The van der Waals surface area contributed by atoms with Crippen molar-refractivity contribution in [3.63, 3.8) is 0 Å². The van der Waals surface area contributed by atoms with E-state index in [0.29, 0.717) is 33.3 Å². The first kappa shape index (κ1) is 22.9. The summed E-state index contributed by atoms with van der Waals surface area (Å²) in [5.74, 6) is -0.477. The van der Waals surface area contributed by atoms with Crippen molar-refractivity contribution in [1.29, 1.82) is 0 Å². The molecule has 0 spiro atoms. The molecule has 0 fully saturated rings. The quantitative estimate of drug-likeness (QED) is 0.322. The van der Waals surface area contributed by atoms with E-state index in [0.717, 1.165) is 22.3 Å². The van der Waals surface area contributed by atoms with Crippen molar-refractivity contribution in [2.24, 2.45) is 0 Å². The Morgan fingerprint density at radius 2 is 1.64 bits per heavy atom. The highest BCUT2D eigenvalue weighted by Crippen LogP contribution is 2.40. The van der Waals surface area contributed by atoms with Crippen LogP contribution in [0.15, 0.2) is 72.8 Å². The zero-order valence-corrected chi connectivity index (χ0v) is 19.9. The van der Waals surface area contributed by atoms with E-state index < -0.39 is 0 Å². The monoisotopic (exact) mass is 475 g/mol. The number of carbonyl (C=O) groups is 2. The van der Waals surface area contributed by atoms with Crippen LogP contribution >= 0.6 is 23.8 Å². The van der Waals surface area contributed by atoms with Crippen LogP contribution in [0.3, 0.4) is 0 Å². The van der Waals surface area contributed by atoms with Gasteiger partial charge in [0, 0.05) is 17.0 Å². The molecule has 3 aromatic rings. The van der Waals surface area contributed by atoms with Crippen LogP contribution in [0.1, 0.15) is 28.7 Å². The number of hydrogen-bond donors (Lipinski definition) is 0. The van der Waals surface area contributed by atoms with Crippen LogP contribution in [0.4, 0.5) is 5.69 Å². The van der Waals surface area contributed by atoms with Gasteiger partial charge < -0.3 is 4.74 Å². The molecule has 1 aliphatic heterocycles. The number of ether oxygens (including phenoxy) is 1. The Balaban J connectivity index is 1.87. The Morgan fingerprint density at radius 1 is 0.970 bits per heavy atom. The number of esters is 1. The number of anilines is 1. The third-order valence-electron chi connectivity index (χ3n) is 5.62. The van der Waals surface area contributed by atoms with Gasteiger partial charge in [0.05, 0.1) is 18.4 Å². The van der Waals surface area contributed by atoms with Gasteiger partial charge >= 0.3 is 5.97 Å². The van der Waals surface area contributed by atoms with E-state index in [1.165, 1.54) is 7.11 Å². The highest BCUT2D eigenvalue weighted by Gasteiger charge is 2.38. The minimum atomic E-state index is -0.287. The second-order valence-electron chi connectivity index (χ2n) is 7.77. The van der Waals surface area contributed by atoms with E-state index in [1.807, 2.05) is 55.5 Å². The fourth-order valence-electron chi connectivity index (χ4n) is 3.91. The normalized spacial score (nSPS) is 13.6. The first-order chi connectivity index (χ1) is 15.9. The first-order valence-corrected chi connectivity index (χ1v) is 11.3. The molecule has 33 heavy (non-hydrogen) atoms. The van der Waals surface area contributed by atoms with Crippen molar-refractivity contribution in [2.45, 2.75) is 19.8 Å². The van der Waals surface area contributed by atoms with Crippen molar-refractivity contribution in [2.75, 3.05) is 12.0 Å². The van der Waals surface area contributed by atoms with E-state index in [-0.39, 0.29) is 18.3 Å². The highest BCUT2D eigenvalue weighted by molar-refractivity contribution is 7.82. The summed E-state index contributed by atoms with van der Waals surface area (Å²) in [4.78, 5) is 27.5. The van der Waals surface area contributed by atoms with Crippen molar-refractivity contribution in [3.05, 3.63) is 100 Å². The minimum Gasteiger partial charge on any atom is -0.469 e. The van der Waals surface area contributed by atoms with Gasteiger partial charge in [-0.3, -0.25) is 14.5 Å². The highest BCUT2D eigenvalue weighted by atomic mass is 35.5. The average molecular weight is 476 g/mol. The molecule has 1 aliphatic rings. The molecule has 166 valence electrons. The van der Waals surface area contributed by atoms with Gasteiger partial charge in [-0.2, -0.15) is 0 Å². The third kappa shape index (κ3) is 4.61. The van der Waals surface area contributed by atoms with Gasteiger partial charge in [0.2, 0.25) is 0 Å². The summed E-state index contributed by atoms with van der Waals surface area (Å²) in [6.45, 7) is 2.00. The standard InChI is InChI=1S/C27H22ClNO3S/c1-17-7-9-19(10-8-17)24-25(22-6-4-3-5-18(22)11-16-23(30)32-2)27(33)29(26(24)31)21-14-12-20(28)13-15-21/h3-10,12-15H,11,16H2,1-2H3. The molecule has 0 saturated heterocycles. The molecule has 0 saturated carbocycles. The van der Waals surface area contributed by atoms with Crippen LogP contribution in [-0.4, -0.2) is 24.0 Å². The molecule has 4 rings (SSSR count). The van der Waals surface area contributed by atoms with Crippen LogP contribution in [0, 0.1) is 6.92 Å². The Labute approximate surface area is 203 Å². The summed E-state index contributed by atoms with van der Waals surface area (Å²) in [5, 5.41) is 0.580. The maximum absolute atomic E-state index is 13.8. The molecule has 0 bridgehead atoms. The second-order valence-corrected chi connectivity index (χ2v) is 8.59. The summed E-state index contributed by atoms with van der Waals surface area (Å²) >= 11 is 11.9. The predicted octanol–water partition coefficient (Wildman–Crippen LogP) is 6.04. The number of benzene rings is 3. The van der Waals surface area contributed by atoms with Gasteiger partial charge in [-0.1, -0.05) is 77.9 Å². The maximum Gasteiger partial charge on any atom is 0.305 e. The van der Waals surface area contributed by atoms with Crippen molar-refractivity contribution >= 4 is 57.5 Å². The Kier molecular flexibility index (Phi) is 6.72. The molecule has 6 heteroatoms. The van der Waals surface area contributed by atoms with E-state index in [2.05, 4.69) is 0 Å². The van der Waals surface area contributed by atoms with Gasteiger partial charge in [0.1, 0.15) is 4.99 Å². The Morgan fingerprint density at radius 3 is 2.30 bits per heavy atom.